The van der Waals surface area contributed by atoms with Gasteiger partial charge in [0, 0.05) is 13.0 Å². The number of amides is 1. The monoisotopic (exact) mass is 509 g/mol. The Balaban J connectivity index is 0.00000217. The fourth-order valence-electron chi connectivity index (χ4n) is 3.50. The number of rotatable bonds is 14. The van der Waals surface area contributed by atoms with Crippen LogP contribution in [0.15, 0.2) is 53.8 Å². The molecular weight excluding hydrogens is 466 g/mol. The van der Waals surface area contributed by atoms with Gasteiger partial charge < -0.3 is 25.9 Å². The number of aryl methyl sites for hydroxylation is 2. The normalized spacial score (nSPS) is 10.5. The van der Waals surface area contributed by atoms with Crippen molar-refractivity contribution in [3.05, 3.63) is 65.5 Å². The molecule has 4 N–H and O–H groups in total. The molecule has 0 aliphatic carbocycles. The zero-order valence-electron chi connectivity index (χ0n) is 23.0. The molecule has 2 aromatic carbocycles. The third-order valence-corrected chi connectivity index (χ3v) is 5.66. The van der Waals surface area contributed by atoms with Crippen LogP contribution >= 0.6 is 0 Å². The molecule has 0 radical (unpaired) electrons. The third-order valence-electron chi connectivity index (χ3n) is 5.66. The van der Waals surface area contributed by atoms with E-state index < -0.39 is 0 Å². The van der Waals surface area contributed by atoms with Crippen molar-refractivity contribution in [2.75, 3.05) is 31.2 Å². The molecule has 1 amide bonds. The van der Waals surface area contributed by atoms with Gasteiger partial charge in [-0.2, -0.15) is 0 Å². The largest absolute Gasteiger partial charge is 0.497 e. The summed E-state index contributed by atoms with van der Waals surface area (Å²) in [6.07, 6.45) is 5.69. The molecule has 0 heterocycles. The van der Waals surface area contributed by atoms with Crippen molar-refractivity contribution in [3.63, 3.8) is 0 Å². The molecule has 0 fully saturated rings. The maximum atomic E-state index is 12.3. The molecule has 202 valence electrons. The minimum Gasteiger partial charge on any atom is -0.497 e. The molecule has 2 rings (SSSR count). The molecular formula is C29H43N5O3. The fraction of sp³-hybridized carbons (Fsp3) is 0.414. The smallest absolute Gasteiger partial charge is 0.225 e. The minimum absolute atomic E-state index is 0.0901. The van der Waals surface area contributed by atoms with E-state index in [1.807, 2.05) is 38.1 Å². The van der Waals surface area contributed by atoms with Crippen LogP contribution in [-0.2, 0) is 16.1 Å². The lowest BCUT2D eigenvalue weighted by Crippen LogP contribution is -2.27. The average molecular weight is 510 g/mol. The zero-order valence-corrected chi connectivity index (χ0v) is 23.0. The van der Waals surface area contributed by atoms with E-state index in [1.165, 1.54) is 18.8 Å². The summed E-state index contributed by atoms with van der Waals surface area (Å²) in [6.45, 7) is 14.2. The summed E-state index contributed by atoms with van der Waals surface area (Å²) >= 11 is 0. The fourth-order valence-corrected chi connectivity index (χ4v) is 3.50. The number of unbranched alkanes of at least 4 members (excludes halogenated alkanes) is 1. The van der Waals surface area contributed by atoms with Crippen molar-refractivity contribution in [2.45, 2.75) is 59.9 Å². The number of aldehydes is 1. The highest BCUT2D eigenvalue weighted by Crippen LogP contribution is 2.22. The van der Waals surface area contributed by atoms with Crippen molar-refractivity contribution in [1.82, 2.24) is 10.2 Å². The van der Waals surface area contributed by atoms with E-state index in [0.29, 0.717) is 17.9 Å². The molecule has 0 aliphatic rings. The summed E-state index contributed by atoms with van der Waals surface area (Å²) in [4.78, 5) is 27.7. The number of benzene rings is 2. The number of nitrogens with zero attached hydrogens (tertiary/aromatic N) is 2. The number of anilines is 2. The van der Waals surface area contributed by atoms with Gasteiger partial charge in [-0.1, -0.05) is 32.1 Å². The number of nitrogen functional groups attached to an aromatic ring is 1. The van der Waals surface area contributed by atoms with E-state index >= 15 is 0 Å². The van der Waals surface area contributed by atoms with Gasteiger partial charge in [-0.3, -0.25) is 9.69 Å². The predicted molar refractivity (Wildman–Crippen MR) is 154 cm³/mol. The predicted octanol–water partition coefficient (Wildman–Crippen LogP) is 5.21. The Labute approximate surface area is 222 Å². The second-order valence-electron chi connectivity index (χ2n) is 8.74. The summed E-state index contributed by atoms with van der Waals surface area (Å²) in [5, 5.41) is 5.80. The zero-order chi connectivity index (χ0) is 27.6. The van der Waals surface area contributed by atoms with Gasteiger partial charge in [-0.25, -0.2) is 4.99 Å². The van der Waals surface area contributed by atoms with E-state index in [-0.39, 0.29) is 5.91 Å². The second kappa shape index (κ2) is 17.7. The first-order valence-electron chi connectivity index (χ1n) is 12.6. The Kier molecular flexibility index (Phi) is 15.0. The average Bonchev–Trinajstić information content (AvgIpc) is 2.86. The minimum atomic E-state index is -0.0901. The Morgan fingerprint density at radius 3 is 2.38 bits per heavy atom. The number of nitrogens with two attached hydrogens (primary N) is 1. The molecule has 0 spiro atoms. The third kappa shape index (κ3) is 12.7. The molecule has 8 nitrogen and oxygen atoms in total. The number of nitrogens with one attached hydrogen (secondary N) is 2. The van der Waals surface area contributed by atoms with Crippen LogP contribution in [0.2, 0.25) is 0 Å². The number of hydrogen-bond donors (Lipinski definition) is 3. The van der Waals surface area contributed by atoms with Gasteiger partial charge in [-0.15, -0.1) is 0 Å². The second-order valence-corrected chi connectivity index (χ2v) is 8.74. The maximum Gasteiger partial charge on any atom is 0.225 e. The summed E-state index contributed by atoms with van der Waals surface area (Å²) in [5.74, 6) is 1.06. The van der Waals surface area contributed by atoms with Gasteiger partial charge in [0.25, 0.3) is 0 Å². The molecule has 0 bridgehead atoms. The quantitative estimate of drug-likeness (QED) is 0.140. The number of carbonyl (C=O) groups excluding carboxylic acids is 2. The van der Waals surface area contributed by atoms with Crippen LogP contribution in [0.1, 0.15) is 56.2 Å². The number of carbonyl (C=O) groups is 2. The number of methoxy groups -OCH3 is 1. The highest BCUT2D eigenvalue weighted by atomic mass is 16.5. The van der Waals surface area contributed by atoms with Crippen LogP contribution in [0.4, 0.5) is 11.4 Å². The lowest BCUT2D eigenvalue weighted by Gasteiger charge is -2.22. The summed E-state index contributed by atoms with van der Waals surface area (Å²) in [7, 11) is 1.67. The molecule has 37 heavy (non-hydrogen) atoms. The summed E-state index contributed by atoms with van der Waals surface area (Å²) in [6, 6.07) is 12.0. The maximum absolute atomic E-state index is 12.3. The molecule has 0 atom stereocenters. The van der Waals surface area contributed by atoms with Crippen molar-refractivity contribution in [3.8, 4) is 5.75 Å². The first-order chi connectivity index (χ1) is 17.7. The van der Waals surface area contributed by atoms with Gasteiger partial charge in [0.1, 0.15) is 17.9 Å². The molecule has 0 unspecified atom stereocenters. The number of ether oxygens (including phenoxy) is 1. The van der Waals surface area contributed by atoms with Crippen LogP contribution in [0.3, 0.4) is 0 Å². The van der Waals surface area contributed by atoms with Crippen LogP contribution in [-0.4, -0.2) is 43.6 Å². The Morgan fingerprint density at radius 2 is 1.76 bits per heavy atom. The van der Waals surface area contributed by atoms with Crippen LogP contribution in [0, 0.1) is 13.8 Å². The van der Waals surface area contributed by atoms with E-state index in [0.717, 1.165) is 67.7 Å². The Morgan fingerprint density at radius 1 is 1.14 bits per heavy atom. The highest BCUT2D eigenvalue weighted by Gasteiger charge is 2.09. The van der Waals surface area contributed by atoms with E-state index in [9.17, 15) is 4.79 Å². The molecule has 2 aromatic rings. The van der Waals surface area contributed by atoms with Crippen LogP contribution in [0.25, 0.3) is 0 Å². The van der Waals surface area contributed by atoms with Gasteiger partial charge in [-0.05, 0) is 87.7 Å². The number of aliphatic imine (C=N–C) groups is 1. The first-order valence-corrected chi connectivity index (χ1v) is 12.6. The summed E-state index contributed by atoms with van der Waals surface area (Å²) in [5.41, 5.74) is 11.0. The molecule has 8 heteroatoms. The lowest BCUT2D eigenvalue weighted by molar-refractivity contribution is -0.120. The molecule has 0 aromatic heterocycles. The topological polar surface area (TPSA) is 109 Å². The first kappa shape index (κ1) is 31.4. The lowest BCUT2D eigenvalue weighted by atomic mass is 10.1. The van der Waals surface area contributed by atoms with Crippen LogP contribution < -0.4 is 21.1 Å². The molecule has 0 saturated carbocycles. The van der Waals surface area contributed by atoms with Crippen molar-refractivity contribution >= 4 is 29.9 Å². The summed E-state index contributed by atoms with van der Waals surface area (Å²) < 4.78 is 5.24. The van der Waals surface area contributed by atoms with Crippen molar-refractivity contribution < 1.29 is 14.3 Å². The Hall–Kier alpha value is -3.65. The van der Waals surface area contributed by atoms with Crippen molar-refractivity contribution in [1.29, 1.82) is 0 Å². The van der Waals surface area contributed by atoms with Gasteiger partial charge >= 0.3 is 0 Å². The van der Waals surface area contributed by atoms with Crippen LogP contribution in [0.5, 0.6) is 5.75 Å². The SMILES string of the molecule is C=C(/N=C/Nc1cc(C)c(C)cc1N)NC(=O)CCCN(CCCC)Cc1ccc(OC)cc1.CC=O. The highest BCUT2D eigenvalue weighted by molar-refractivity contribution is 5.84. The van der Waals surface area contributed by atoms with E-state index in [1.54, 1.807) is 7.11 Å². The van der Waals surface area contributed by atoms with Crippen molar-refractivity contribution in [2.24, 2.45) is 4.99 Å². The Bertz CT molecular complexity index is 1020. The van der Waals surface area contributed by atoms with E-state index in [2.05, 4.69) is 46.2 Å². The van der Waals surface area contributed by atoms with Gasteiger partial charge in [0.15, 0.2) is 0 Å². The molecule has 0 saturated heterocycles. The standard InChI is InChI=1S/C27H39N5O2.C2H4O/c1-6-7-14-32(18-23-10-12-24(34-5)13-11-23)15-8-9-27(33)31-22(4)29-19-30-26-17-21(3)20(2)16-25(26)28;1-2-3/h10-13,16-17,19H,4,6-9,14-15,18,28H2,1-3,5H3,(H,29,30)(H,31,33);2H,1H3. The number of hydrogen-bond acceptors (Lipinski definition) is 6. The molecule has 0 aliphatic heterocycles. The van der Waals surface area contributed by atoms with E-state index in [4.69, 9.17) is 15.3 Å². The van der Waals surface area contributed by atoms with Gasteiger partial charge in [0.05, 0.1) is 24.8 Å². The van der Waals surface area contributed by atoms with Gasteiger partial charge in [0.2, 0.25) is 5.91 Å².